The lowest BCUT2D eigenvalue weighted by Crippen LogP contribution is -2.15. The van der Waals surface area contributed by atoms with Crippen molar-refractivity contribution in [3.05, 3.63) is 57.3 Å². The molecule has 1 heterocycles. The Balaban J connectivity index is 2.19. The fourth-order valence-corrected chi connectivity index (χ4v) is 2.34. The second kappa shape index (κ2) is 6.33. The topological polar surface area (TPSA) is 48.1 Å². The molecule has 0 unspecified atom stereocenters. The normalized spacial score (nSPS) is 10.3. The SMILES string of the molecule is Cc1cc(OCc2cccnc2C(N)=S)cc(C)c1Br. The first-order chi connectivity index (χ1) is 9.49. The van der Waals surface area contributed by atoms with Gasteiger partial charge >= 0.3 is 0 Å². The Morgan fingerprint density at radius 1 is 1.35 bits per heavy atom. The zero-order valence-corrected chi connectivity index (χ0v) is 13.7. The van der Waals surface area contributed by atoms with Crippen LogP contribution in [0.4, 0.5) is 0 Å². The highest BCUT2D eigenvalue weighted by molar-refractivity contribution is 9.10. The molecule has 0 spiro atoms. The Labute approximate surface area is 132 Å². The molecule has 0 amide bonds. The lowest BCUT2D eigenvalue weighted by Gasteiger charge is -2.12. The molecule has 0 radical (unpaired) electrons. The number of aryl methyl sites for hydroxylation is 2. The van der Waals surface area contributed by atoms with Crippen LogP contribution in [-0.2, 0) is 6.61 Å². The molecule has 3 nitrogen and oxygen atoms in total. The van der Waals surface area contributed by atoms with Gasteiger partial charge in [0.05, 0.1) is 0 Å². The van der Waals surface area contributed by atoms with Crippen molar-refractivity contribution in [2.24, 2.45) is 5.73 Å². The van der Waals surface area contributed by atoms with Crippen LogP contribution in [0.2, 0.25) is 0 Å². The minimum Gasteiger partial charge on any atom is -0.489 e. The summed E-state index contributed by atoms with van der Waals surface area (Å²) in [5, 5.41) is 0. The van der Waals surface area contributed by atoms with Crippen molar-refractivity contribution in [1.29, 1.82) is 0 Å². The zero-order chi connectivity index (χ0) is 14.7. The van der Waals surface area contributed by atoms with Gasteiger partial charge in [-0.25, -0.2) is 0 Å². The molecule has 0 atom stereocenters. The summed E-state index contributed by atoms with van der Waals surface area (Å²) in [7, 11) is 0. The van der Waals surface area contributed by atoms with Gasteiger partial charge in [0.1, 0.15) is 23.0 Å². The molecule has 0 saturated heterocycles. The van der Waals surface area contributed by atoms with Crippen molar-refractivity contribution in [2.75, 3.05) is 0 Å². The maximum absolute atomic E-state index is 5.82. The van der Waals surface area contributed by atoms with E-state index in [2.05, 4.69) is 20.9 Å². The number of nitrogens with zero attached hydrogens (tertiary/aromatic N) is 1. The summed E-state index contributed by atoms with van der Waals surface area (Å²) >= 11 is 8.53. The predicted molar refractivity (Wildman–Crippen MR) is 88.1 cm³/mol. The quantitative estimate of drug-likeness (QED) is 0.854. The summed E-state index contributed by atoms with van der Waals surface area (Å²) in [5.74, 6) is 0.820. The molecular formula is C15H15BrN2OS. The Hall–Kier alpha value is -1.46. The van der Waals surface area contributed by atoms with Gasteiger partial charge in [-0.3, -0.25) is 4.98 Å². The number of rotatable bonds is 4. The van der Waals surface area contributed by atoms with Gasteiger partial charge in [0, 0.05) is 16.2 Å². The molecule has 2 aromatic rings. The molecule has 1 aromatic carbocycles. The van der Waals surface area contributed by atoms with Crippen molar-refractivity contribution in [1.82, 2.24) is 4.98 Å². The third-order valence-electron chi connectivity index (χ3n) is 2.93. The first kappa shape index (κ1) is 14.9. The molecule has 0 aliphatic carbocycles. The van der Waals surface area contributed by atoms with Gasteiger partial charge in [-0.15, -0.1) is 0 Å². The van der Waals surface area contributed by atoms with Crippen molar-refractivity contribution in [3.8, 4) is 5.75 Å². The van der Waals surface area contributed by atoms with Crippen LogP contribution in [-0.4, -0.2) is 9.97 Å². The second-order valence-corrected chi connectivity index (χ2v) is 5.77. The standard InChI is InChI=1S/C15H15BrN2OS/c1-9-6-12(7-10(2)13(9)16)19-8-11-4-3-5-18-14(11)15(17)20/h3-7H,8H2,1-2H3,(H2,17,20). The van der Waals surface area contributed by atoms with E-state index in [0.29, 0.717) is 12.3 Å². The summed E-state index contributed by atoms with van der Waals surface area (Å²) in [6.07, 6.45) is 1.67. The largest absolute Gasteiger partial charge is 0.489 e. The number of aromatic nitrogens is 1. The molecule has 0 bridgehead atoms. The van der Waals surface area contributed by atoms with E-state index < -0.39 is 0 Å². The Bertz CT molecular complexity index is 635. The third kappa shape index (κ3) is 3.35. The highest BCUT2D eigenvalue weighted by atomic mass is 79.9. The van der Waals surface area contributed by atoms with Crippen molar-refractivity contribution >= 4 is 33.1 Å². The Morgan fingerprint density at radius 2 is 2.00 bits per heavy atom. The van der Waals surface area contributed by atoms with Crippen LogP contribution in [0.25, 0.3) is 0 Å². The number of halogens is 1. The van der Waals surface area contributed by atoms with Gasteiger partial charge < -0.3 is 10.5 Å². The van der Waals surface area contributed by atoms with E-state index in [4.69, 9.17) is 22.7 Å². The predicted octanol–water partition coefficient (Wildman–Crippen LogP) is 3.67. The van der Waals surface area contributed by atoms with E-state index in [1.54, 1.807) is 6.20 Å². The molecule has 0 aliphatic heterocycles. The Kier molecular flexibility index (Phi) is 4.73. The molecule has 5 heteroatoms. The molecule has 20 heavy (non-hydrogen) atoms. The molecule has 0 saturated carbocycles. The summed E-state index contributed by atoms with van der Waals surface area (Å²) in [4.78, 5) is 4.47. The zero-order valence-electron chi connectivity index (χ0n) is 11.3. The number of benzene rings is 1. The van der Waals surface area contributed by atoms with Crippen molar-refractivity contribution in [3.63, 3.8) is 0 Å². The minimum atomic E-state index is 0.285. The van der Waals surface area contributed by atoms with Gasteiger partial charge in [-0.05, 0) is 43.2 Å². The monoisotopic (exact) mass is 350 g/mol. The number of thiocarbonyl (C=S) groups is 1. The minimum absolute atomic E-state index is 0.285. The molecule has 2 N–H and O–H groups in total. The number of nitrogens with two attached hydrogens (primary N) is 1. The van der Waals surface area contributed by atoms with Crippen LogP contribution in [0, 0.1) is 13.8 Å². The van der Waals surface area contributed by atoms with Gasteiger partial charge in [-0.2, -0.15) is 0 Å². The van der Waals surface area contributed by atoms with Gasteiger partial charge in [0.25, 0.3) is 0 Å². The summed E-state index contributed by atoms with van der Waals surface area (Å²) in [6.45, 7) is 4.46. The van der Waals surface area contributed by atoms with E-state index in [1.165, 1.54) is 0 Å². The lowest BCUT2D eigenvalue weighted by molar-refractivity contribution is 0.305. The molecular weight excluding hydrogens is 336 g/mol. The maximum atomic E-state index is 5.82. The molecule has 2 rings (SSSR count). The number of pyridine rings is 1. The maximum Gasteiger partial charge on any atom is 0.123 e. The summed E-state index contributed by atoms with van der Waals surface area (Å²) in [6, 6.07) is 7.75. The number of hydrogen-bond acceptors (Lipinski definition) is 3. The van der Waals surface area contributed by atoms with Crippen LogP contribution < -0.4 is 10.5 Å². The average Bonchev–Trinajstić information content (AvgIpc) is 2.42. The van der Waals surface area contributed by atoms with E-state index in [1.807, 2.05) is 38.1 Å². The number of hydrogen-bond donors (Lipinski definition) is 1. The van der Waals surface area contributed by atoms with E-state index >= 15 is 0 Å². The fourth-order valence-electron chi connectivity index (χ4n) is 1.93. The van der Waals surface area contributed by atoms with Crippen LogP contribution >= 0.6 is 28.1 Å². The summed E-state index contributed by atoms with van der Waals surface area (Å²) in [5.41, 5.74) is 9.44. The van der Waals surface area contributed by atoms with Crippen LogP contribution in [0.3, 0.4) is 0 Å². The third-order valence-corrected chi connectivity index (χ3v) is 4.37. The highest BCUT2D eigenvalue weighted by Gasteiger charge is 2.08. The Morgan fingerprint density at radius 3 is 2.60 bits per heavy atom. The average molecular weight is 351 g/mol. The first-order valence-electron chi connectivity index (χ1n) is 6.12. The highest BCUT2D eigenvalue weighted by Crippen LogP contribution is 2.26. The van der Waals surface area contributed by atoms with Crippen LogP contribution in [0.5, 0.6) is 5.75 Å². The first-order valence-corrected chi connectivity index (χ1v) is 7.32. The molecule has 0 aliphatic rings. The van der Waals surface area contributed by atoms with E-state index in [0.717, 1.165) is 26.9 Å². The van der Waals surface area contributed by atoms with Gasteiger partial charge in [0.2, 0.25) is 0 Å². The number of ether oxygens (including phenoxy) is 1. The van der Waals surface area contributed by atoms with Crippen LogP contribution in [0.15, 0.2) is 34.9 Å². The molecule has 1 aromatic heterocycles. The lowest BCUT2D eigenvalue weighted by atomic mass is 10.1. The molecule has 104 valence electrons. The van der Waals surface area contributed by atoms with Gasteiger partial charge in [-0.1, -0.05) is 34.2 Å². The van der Waals surface area contributed by atoms with Gasteiger partial charge in [0.15, 0.2) is 0 Å². The smallest absolute Gasteiger partial charge is 0.123 e. The van der Waals surface area contributed by atoms with Crippen LogP contribution in [0.1, 0.15) is 22.4 Å². The molecule has 0 fully saturated rings. The second-order valence-electron chi connectivity index (χ2n) is 4.54. The summed E-state index contributed by atoms with van der Waals surface area (Å²) < 4.78 is 6.93. The van der Waals surface area contributed by atoms with Crippen molar-refractivity contribution < 1.29 is 4.74 Å². The van der Waals surface area contributed by atoms with E-state index in [-0.39, 0.29) is 4.99 Å². The van der Waals surface area contributed by atoms with Crippen molar-refractivity contribution in [2.45, 2.75) is 20.5 Å². The fraction of sp³-hybridized carbons (Fsp3) is 0.200. The van der Waals surface area contributed by atoms with E-state index in [9.17, 15) is 0 Å².